The van der Waals surface area contributed by atoms with Gasteiger partial charge in [-0.25, -0.2) is 8.78 Å². The highest BCUT2D eigenvalue weighted by atomic mass is 19.1. The summed E-state index contributed by atoms with van der Waals surface area (Å²) in [6.45, 7) is 9.06. The number of benzene rings is 1. The topological polar surface area (TPSA) is 85.5 Å². The highest BCUT2D eigenvalue weighted by molar-refractivity contribution is 5.96. The van der Waals surface area contributed by atoms with Gasteiger partial charge in [-0.05, 0) is 56.9 Å². The number of ketones is 2. The van der Waals surface area contributed by atoms with E-state index in [1.54, 1.807) is 0 Å². The summed E-state index contributed by atoms with van der Waals surface area (Å²) in [6, 6.07) is 10.9. The molecular weight excluding hydrogens is 552 g/mol. The molecule has 4 heterocycles. The fourth-order valence-electron chi connectivity index (χ4n) is 7.26. The second-order valence-electron chi connectivity index (χ2n) is 13.9. The van der Waals surface area contributed by atoms with Crippen molar-refractivity contribution in [2.45, 2.75) is 77.2 Å². The third kappa shape index (κ3) is 6.20. The van der Waals surface area contributed by atoms with Crippen molar-refractivity contribution < 1.29 is 27.6 Å². The van der Waals surface area contributed by atoms with E-state index in [1.165, 1.54) is 12.1 Å². The number of nitrogens with zero attached hydrogens (tertiary/aromatic N) is 3. The SMILES string of the molecule is Cc1cccc(C(C)(C)CC(=O)CC2(CC(=O)c3cc(-c4ccc(F)cc4F)on3)CN(C3CCC4(CC3)COC4)C2)n1. The van der Waals surface area contributed by atoms with Crippen LogP contribution in [0.2, 0.25) is 0 Å². The van der Waals surface area contributed by atoms with Crippen molar-refractivity contribution in [2.75, 3.05) is 26.3 Å². The normalized spacial score (nSPS) is 20.0. The third-order valence-electron chi connectivity index (χ3n) is 9.75. The molecule has 3 aromatic rings. The lowest BCUT2D eigenvalue weighted by molar-refractivity contribution is -0.149. The molecular formula is C34H39F2N3O4. The first kappa shape index (κ1) is 29.8. The Morgan fingerprint density at radius 3 is 2.44 bits per heavy atom. The molecule has 2 aromatic heterocycles. The Bertz CT molecular complexity index is 1510. The number of carbonyl (C=O) groups is 2. The summed E-state index contributed by atoms with van der Waals surface area (Å²) in [7, 11) is 0. The molecule has 43 heavy (non-hydrogen) atoms. The van der Waals surface area contributed by atoms with Gasteiger partial charge >= 0.3 is 0 Å². The molecule has 0 unspecified atom stereocenters. The summed E-state index contributed by atoms with van der Waals surface area (Å²) in [5.74, 6) is -1.58. The lowest BCUT2D eigenvalue weighted by atomic mass is 9.66. The van der Waals surface area contributed by atoms with E-state index in [0.717, 1.165) is 62.4 Å². The van der Waals surface area contributed by atoms with Gasteiger partial charge in [0.15, 0.2) is 11.5 Å². The van der Waals surface area contributed by atoms with E-state index in [-0.39, 0.29) is 41.4 Å². The Balaban J connectivity index is 1.17. The smallest absolute Gasteiger partial charge is 0.185 e. The van der Waals surface area contributed by atoms with Crippen LogP contribution in [0, 0.1) is 29.4 Å². The predicted octanol–water partition coefficient (Wildman–Crippen LogP) is 6.48. The molecule has 7 nitrogen and oxygen atoms in total. The van der Waals surface area contributed by atoms with Crippen LogP contribution < -0.4 is 0 Å². The number of hydrogen-bond donors (Lipinski definition) is 0. The van der Waals surface area contributed by atoms with Crippen molar-refractivity contribution in [1.82, 2.24) is 15.0 Å². The van der Waals surface area contributed by atoms with Crippen LogP contribution in [0.4, 0.5) is 8.78 Å². The monoisotopic (exact) mass is 591 g/mol. The van der Waals surface area contributed by atoms with Gasteiger partial charge in [0, 0.05) is 78.2 Å². The fraction of sp³-hybridized carbons (Fsp3) is 0.529. The number of hydrogen-bond acceptors (Lipinski definition) is 7. The van der Waals surface area contributed by atoms with E-state index in [0.29, 0.717) is 31.0 Å². The molecule has 228 valence electrons. The summed E-state index contributed by atoms with van der Waals surface area (Å²) in [4.78, 5) is 34.3. The molecule has 2 saturated heterocycles. The molecule has 1 spiro atoms. The predicted molar refractivity (Wildman–Crippen MR) is 157 cm³/mol. The number of ether oxygens (including phenoxy) is 1. The number of pyridine rings is 1. The average molecular weight is 592 g/mol. The first-order valence-electron chi connectivity index (χ1n) is 15.2. The van der Waals surface area contributed by atoms with Gasteiger partial charge < -0.3 is 9.26 Å². The number of aromatic nitrogens is 2. The number of likely N-dealkylation sites (tertiary alicyclic amines) is 1. The fourth-order valence-corrected chi connectivity index (χ4v) is 7.26. The van der Waals surface area contributed by atoms with Crippen molar-refractivity contribution >= 4 is 11.6 Å². The Morgan fingerprint density at radius 1 is 1.05 bits per heavy atom. The minimum atomic E-state index is -0.791. The molecule has 1 aromatic carbocycles. The maximum absolute atomic E-state index is 14.3. The number of halogens is 2. The van der Waals surface area contributed by atoms with E-state index in [1.807, 2.05) is 39.0 Å². The zero-order chi connectivity index (χ0) is 30.4. The Morgan fingerprint density at radius 2 is 1.79 bits per heavy atom. The van der Waals surface area contributed by atoms with Gasteiger partial charge in [0.1, 0.15) is 23.1 Å². The second kappa shape index (κ2) is 11.3. The quantitative estimate of drug-likeness (QED) is 0.249. The Hall–Kier alpha value is -3.30. The van der Waals surface area contributed by atoms with Crippen LogP contribution in [0.15, 0.2) is 47.0 Å². The van der Waals surface area contributed by atoms with Gasteiger partial charge in [-0.15, -0.1) is 0 Å². The number of carbonyl (C=O) groups excluding carboxylic acids is 2. The van der Waals surface area contributed by atoms with Crippen LogP contribution in [-0.4, -0.2) is 59.0 Å². The van der Waals surface area contributed by atoms with Crippen LogP contribution in [0.3, 0.4) is 0 Å². The summed E-state index contributed by atoms with van der Waals surface area (Å²) < 4.78 is 38.5. The van der Waals surface area contributed by atoms with Crippen LogP contribution in [0.1, 0.15) is 80.7 Å². The molecule has 2 aliphatic heterocycles. The lowest BCUT2D eigenvalue weighted by Gasteiger charge is -2.56. The lowest BCUT2D eigenvalue weighted by Crippen LogP contribution is -2.62. The minimum Gasteiger partial charge on any atom is -0.380 e. The largest absolute Gasteiger partial charge is 0.380 e. The standard InChI is InChI=1S/C34H39F2N3O4/c1-22-5-4-6-31(37-22)32(2,3)15-25(40)16-34(18-39(19-34)24-9-11-33(12-10-24)20-42-21-33)17-29(41)28-14-30(43-38-28)26-8-7-23(35)13-27(26)36/h4-8,13-14,24H,9-12,15-21H2,1-3H3. The molecule has 3 fully saturated rings. The first-order chi connectivity index (χ1) is 20.4. The maximum Gasteiger partial charge on any atom is 0.185 e. The van der Waals surface area contributed by atoms with Gasteiger partial charge in [-0.3, -0.25) is 19.5 Å². The van der Waals surface area contributed by atoms with Crippen molar-refractivity contribution in [2.24, 2.45) is 10.8 Å². The van der Waals surface area contributed by atoms with Crippen LogP contribution in [0.5, 0.6) is 0 Å². The van der Waals surface area contributed by atoms with E-state index in [2.05, 4.69) is 15.0 Å². The highest BCUT2D eigenvalue weighted by Gasteiger charge is 2.51. The molecule has 3 aliphatic rings. The third-order valence-corrected chi connectivity index (χ3v) is 9.75. The van der Waals surface area contributed by atoms with Gasteiger partial charge in [0.25, 0.3) is 0 Å². The van der Waals surface area contributed by atoms with E-state index in [4.69, 9.17) is 9.26 Å². The van der Waals surface area contributed by atoms with Crippen LogP contribution in [-0.2, 0) is 14.9 Å². The molecule has 0 N–H and O–H groups in total. The van der Waals surface area contributed by atoms with Crippen molar-refractivity contribution in [3.05, 3.63) is 71.2 Å². The number of rotatable bonds is 10. The zero-order valence-electron chi connectivity index (χ0n) is 25.1. The van der Waals surface area contributed by atoms with E-state index >= 15 is 0 Å². The van der Waals surface area contributed by atoms with Gasteiger partial charge in [0.2, 0.25) is 0 Å². The molecule has 0 bridgehead atoms. The molecule has 1 saturated carbocycles. The van der Waals surface area contributed by atoms with Crippen molar-refractivity contribution in [1.29, 1.82) is 0 Å². The minimum absolute atomic E-state index is 0.0339. The van der Waals surface area contributed by atoms with E-state index < -0.39 is 22.5 Å². The van der Waals surface area contributed by atoms with Crippen LogP contribution in [0.25, 0.3) is 11.3 Å². The molecule has 0 amide bonds. The molecule has 1 aliphatic carbocycles. The van der Waals surface area contributed by atoms with Gasteiger partial charge in [-0.1, -0.05) is 25.1 Å². The number of aryl methyl sites for hydroxylation is 1. The summed E-state index contributed by atoms with van der Waals surface area (Å²) >= 11 is 0. The average Bonchev–Trinajstić information content (AvgIpc) is 3.40. The maximum atomic E-state index is 14.3. The number of Topliss-reactive ketones (excluding diaryl/α,β-unsaturated/α-hetero) is 2. The van der Waals surface area contributed by atoms with Crippen LogP contribution >= 0.6 is 0 Å². The molecule has 0 radical (unpaired) electrons. The first-order valence-corrected chi connectivity index (χ1v) is 15.2. The Labute approximate surface area is 251 Å². The van der Waals surface area contributed by atoms with E-state index in [9.17, 15) is 18.4 Å². The molecule has 0 atom stereocenters. The summed E-state index contributed by atoms with van der Waals surface area (Å²) in [6.07, 6.45) is 5.25. The summed E-state index contributed by atoms with van der Waals surface area (Å²) in [5.41, 5.74) is 1.30. The summed E-state index contributed by atoms with van der Waals surface area (Å²) in [5, 5.41) is 3.92. The van der Waals surface area contributed by atoms with Crippen molar-refractivity contribution in [3.8, 4) is 11.3 Å². The van der Waals surface area contributed by atoms with Gasteiger partial charge in [-0.2, -0.15) is 0 Å². The van der Waals surface area contributed by atoms with Crippen molar-refractivity contribution in [3.63, 3.8) is 0 Å². The molecule has 6 rings (SSSR count). The Kier molecular flexibility index (Phi) is 7.84. The second-order valence-corrected chi connectivity index (χ2v) is 13.9. The zero-order valence-corrected chi connectivity index (χ0v) is 25.1. The molecule has 9 heteroatoms. The van der Waals surface area contributed by atoms with Gasteiger partial charge in [0.05, 0.1) is 18.8 Å². The highest BCUT2D eigenvalue weighted by Crippen LogP contribution is 2.48.